The Morgan fingerprint density at radius 1 is 1.00 bits per heavy atom. The molecular formula is C18H22BClO2. The molecule has 0 amide bonds. The van der Waals surface area contributed by atoms with E-state index in [-0.39, 0.29) is 0 Å². The zero-order chi connectivity index (χ0) is 16.4. The Bertz CT molecular complexity index is 648. The smallest absolute Gasteiger partial charge is 0.310 e. The SMILES string of the molecule is CC(C)(O)C(C)(C)OBc1ccccc1-c1cccc(Cl)c1. The molecule has 2 rings (SSSR count). The third-order valence-corrected chi connectivity index (χ3v) is 4.45. The van der Waals surface area contributed by atoms with Gasteiger partial charge in [0.2, 0.25) is 0 Å². The van der Waals surface area contributed by atoms with E-state index in [0.29, 0.717) is 12.5 Å². The van der Waals surface area contributed by atoms with E-state index in [1.165, 1.54) is 0 Å². The van der Waals surface area contributed by atoms with Gasteiger partial charge in [0.1, 0.15) is 0 Å². The van der Waals surface area contributed by atoms with Crippen molar-refractivity contribution in [1.82, 2.24) is 0 Å². The highest BCUT2D eigenvalue weighted by Crippen LogP contribution is 2.25. The second-order valence-corrected chi connectivity index (χ2v) is 6.96. The minimum atomic E-state index is -0.919. The van der Waals surface area contributed by atoms with Crippen LogP contribution >= 0.6 is 11.6 Å². The van der Waals surface area contributed by atoms with Gasteiger partial charge < -0.3 is 9.76 Å². The van der Waals surface area contributed by atoms with Crippen LogP contribution in [0.25, 0.3) is 11.1 Å². The molecule has 1 N–H and O–H groups in total. The van der Waals surface area contributed by atoms with E-state index in [0.717, 1.165) is 16.6 Å². The van der Waals surface area contributed by atoms with Gasteiger partial charge in [0.15, 0.2) is 0 Å². The van der Waals surface area contributed by atoms with Crippen LogP contribution in [0.1, 0.15) is 27.7 Å². The lowest BCUT2D eigenvalue weighted by Gasteiger charge is -2.37. The van der Waals surface area contributed by atoms with Crippen LogP contribution in [0.15, 0.2) is 48.5 Å². The average Bonchev–Trinajstić information content (AvgIpc) is 2.44. The monoisotopic (exact) mass is 316 g/mol. The summed E-state index contributed by atoms with van der Waals surface area (Å²) in [7, 11) is 0.430. The molecule has 0 saturated carbocycles. The molecule has 0 bridgehead atoms. The first-order valence-electron chi connectivity index (χ1n) is 7.41. The normalized spacial score (nSPS) is 12.3. The molecule has 0 unspecified atom stereocenters. The van der Waals surface area contributed by atoms with Crippen LogP contribution in [-0.2, 0) is 4.65 Å². The fourth-order valence-electron chi connectivity index (χ4n) is 2.02. The second kappa shape index (κ2) is 6.45. The number of rotatable bonds is 5. The van der Waals surface area contributed by atoms with E-state index in [1.54, 1.807) is 13.8 Å². The van der Waals surface area contributed by atoms with Gasteiger partial charge in [-0.25, -0.2) is 0 Å². The second-order valence-electron chi connectivity index (χ2n) is 6.53. The zero-order valence-electron chi connectivity index (χ0n) is 13.6. The molecular weight excluding hydrogens is 294 g/mol. The summed E-state index contributed by atoms with van der Waals surface area (Å²) in [4.78, 5) is 0. The van der Waals surface area contributed by atoms with E-state index >= 15 is 0 Å². The van der Waals surface area contributed by atoms with Crippen LogP contribution in [0.2, 0.25) is 5.02 Å². The Labute approximate surface area is 138 Å². The van der Waals surface area contributed by atoms with Crippen LogP contribution in [0.4, 0.5) is 0 Å². The van der Waals surface area contributed by atoms with Crippen molar-refractivity contribution >= 4 is 24.5 Å². The van der Waals surface area contributed by atoms with Gasteiger partial charge in [-0.1, -0.05) is 48.0 Å². The Balaban J connectivity index is 2.27. The first-order valence-corrected chi connectivity index (χ1v) is 7.79. The molecule has 2 aromatic rings. The van der Waals surface area contributed by atoms with Crippen LogP contribution in [-0.4, -0.2) is 23.8 Å². The molecule has 0 aromatic heterocycles. The van der Waals surface area contributed by atoms with Gasteiger partial charge in [0.05, 0.1) is 11.2 Å². The third kappa shape index (κ3) is 3.92. The Hall–Kier alpha value is -1.29. The molecule has 4 heteroatoms. The number of halogens is 1. The molecule has 2 aromatic carbocycles. The molecule has 0 saturated heterocycles. The number of benzene rings is 2. The lowest BCUT2D eigenvalue weighted by molar-refractivity contribution is -0.0893. The van der Waals surface area contributed by atoms with Crippen molar-refractivity contribution in [3.05, 3.63) is 53.6 Å². The van der Waals surface area contributed by atoms with Crippen molar-refractivity contribution in [2.24, 2.45) is 0 Å². The molecule has 0 aliphatic rings. The summed E-state index contributed by atoms with van der Waals surface area (Å²) in [5, 5.41) is 10.9. The lowest BCUT2D eigenvalue weighted by Crippen LogP contribution is -2.49. The van der Waals surface area contributed by atoms with Crippen molar-refractivity contribution in [2.75, 3.05) is 0 Å². The summed E-state index contributed by atoms with van der Waals surface area (Å²) in [5.41, 5.74) is 1.67. The standard InChI is InChI=1S/C18H22BClO2/c1-17(2,21)18(3,4)22-19-16-11-6-5-10-15(16)13-8-7-9-14(20)12-13/h5-12,19,21H,1-4H3. The Morgan fingerprint density at radius 3 is 2.32 bits per heavy atom. The van der Waals surface area contributed by atoms with Gasteiger partial charge in [0, 0.05) is 5.02 Å². The van der Waals surface area contributed by atoms with E-state index in [4.69, 9.17) is 16.3 Å². The summed E-state index contributed by atoms with van der Waals surface area (Å²) in [6.45, 7) is 7.32. The molecule has 0 aliphatic carbocycles. The van der Waals surface area contributed by atoms with Crippen molar-refractivity contribution in [3.8, 4) is 11.1 Å². The molecule has 0 aliphatic heterocycles. The summed E-state index contributed by atoms with van der Waals surface area (Å²) in [5.74, 6) is 0. The van der Waals surface area contributed by atoms with E-state index < -0.39 is 11.2 Å². The van der Waals surface area contributed by atoms with Crippen molar-refractivity contribution in [1.29, 1.82) is 0 Å². The molecule has 2 nitrogen and oxygen atoms in total. The van der Waals surface area contributed by atoms with E-state index in [9.17, 15) is 5.11 Å². The van der Waals surface area contributed by atoms with Crippen molar-refractivity contribution in [3.63, 3.8) is 0 Å². The molecule has 0 spiro atoms. The fraction of sp³-hybridized carbons (Fsp3) is 0.333. The van der Waals surface area contributed by atoms with Gasteiger partial charge in [-0.05, 0) is 56.4 Å². The number of hydrogen-bond acceptors (Lipinski definition) is 2. The third-order valence-electron chi connectivity index (χ3n) is 4.21. The Kier molecular flexibility index (Phi) is 5.01. The first kappa shape index (κ1) is 17.1. The molecule has 0 atom stereocenters. The zero-order valence-corrected chi connectivity index (χ0v) is 14.3. The first-order chi connectivity index (χ1) is 10.2. The summed E-state index contributed by atoms with van der Waals surface area (Å²) >= 11 is 6.09. The highest BCUT2D eigenvalue weighted by molar-refractivity contribution is 6.49. The van der Waals surface area contributed by atoms with Gasteiger partial charge in [-0.15, -0.1) is 0 Å². The minimum absolute atomic E-state index is 0.430. The lowest BCUT2D eigenvalue weighted by atomic mass is 9.79. The molecule has 22 heavy (non-hydrogen) atoms. The van der Waals surface area contributed by atoms with E-state index in [1.807, 2.05) is 56.3 Å². The summed E-state index contributed by atoms with van der Waals surface area (Å²) < 4.78 is 5.99. The highest BCUT2D eigenvalue weighted by Gasteiger charge is 2.35. The molecule has 116 valence electrons. The van der Waals surface area contributed by atoms with Crippen molar-refractivity contribution < 1.29 is 9.76 Å². The predicted molar refractivity (Wildman–Crippen MR) is 95.1 cm³/mol. The topological polar surface area (TPSA) is 29.5 Å². The van der Waals surface area contributed by atoms with Gasteiger partial charge in [-0.2, -0.15) is 0 Å². The molecule has 0 fully saturated rings. The maximum absolute atomic E-state index is 10.2. The quantitative estimate of drug-likeness (QED) is 0.855. The van der Waals surface area contributed by atoms with Crippen LogP contribution in [0.3, 0.4) is 0 Å². The van der Waals surface area contributed by atoms with Crippen LogP contribution in [0.5, 0.6) is 0 Å². The van der Waals surface area contributed by atoms with Gasteiger partial charge in [0.25, 0.3) is 0 Å². The molecule has 0 heterocycles. The maximum atomic E-state index is 10.2. The summed E-state index contributed by atoms with van der Waals surface area (Å²) in [6, 6.07) is 15.9. The van der Waals surface area contributed by atoms with Crippen molar-refractivity contribution in [2.45, 2.75) is 38.9 Å². The largest absolute Gasteiger partial charge is 0.427 e. The molecule has 0 radical (unpaired) electrons. The average molecular weight is 317 g/mol. The Morgan fingerprint density at radius 2 is 1.68 bits per heavy atom. The number of aliphatic hydroxyl groups is 1. The van der Waals surface area contributed by atoms with Gasteiger partial charge in [-0.3, -0.25) is 0 Å². The van der Waals surface area contributed by atoms with Crippen LogP contribution in [0, 0.1) is 0 Å². The number of hydrogen-bond donors (Lipinski definition) is 1. The summed E-state index contributed by atoms with van der Waals surface area (Å²) in [6.07, 6.45) is 0. The highest BCUT2D eigenvalue weighted by atomic mass is 35.5. The fourth-order valence-corrected chi connectivity index (χ4v) is 2.21. The minimum Gasteiger partial charge on any atom is -0.427 e. The van der Waals surface area contributed by atoms with E-state index in [2.05, 4.69) is 6.07 Å². The maximum Gasteiger partial charge on any atom is 0.310 e. The van der Waals surface area contributed by atoms with Gasteiger partial charge >= 0.3 is 7.48 Å². The van der Waals surface area contributed by atoms with Crippen LogP contribution < -0.4 is 5.46 Å². The predicted octanol–water partition coefficient (Wildman–Crippen LogP) is 3.55.